The first-order chi connectivity index (χ1) is 15.3. The number of nitro groups is 2. The average Bonchev–Trinajstić information content (AvgIpc) is 3.40. The zero-order valence-electron chi connectivity index (χ0n) is 15.9. The molecule has 1 aliphatic heterocycles. The van der Waals surface area contributed by atoms with E-state index in [4.69, 9.17) is 0 Å². The highest BCUT2D eigenvalue weighted by Gasteiger charge is 2.49. The van der Waals surface area contributed by atoms with Crippen molar-refractivity contribution < 1.29 is 24.5 Å². The zero-order chi connectivity index (χ0) is 23.0. The third-order valence-electron chi connectivity index (χ3n) is 4.85. The Morgan fingerprint density at radius 3 is 2.31 bits per heavy atom. The molecule has 0 radical (unpaired) electrons. The summed E-state index contributed by atoms with van der Waals surface area (Å²) in [4.78, 5) is 52.2. The van der Waals surface area contributed by atoms with Crippen LogP contribution in [0.2, 0.25) is 0 Å². The molecule has 0 bridgehead atoms. The Morgan fingerprint density at radius 2 is 1.72 bits per heavy atom. The van der Waals surface area contributed by atoms with Crippen molar-refractivity contribution in [1.29, 1.82) is 0 Å². The number of carbonyl (C=O) groups excluding carboxylic acids is 2. The molecule has 1 aliphatic rings. The van der Waals surface area contributed by atoms with Crippen LogP contribution >= 0.6 is 11.3 Å². The van der Waals surface area contributed by atoms with Gasteiger partial charge >= 0.3 is 5.91 Å². The lowest BCUT2D eigenvalue weighted by molar-refractivity contribution is -0.385. The normalized spacial score (nSPS) is 17.5. The SMILES string of the molecule is O=C1C(=O)N(c2nccs2)C(c2ccccc2[N+](=O)[O-])/C1=C(/O)c1ccc([N+](=O)[O-])cc1. The van der Waals surface area contributed by atoms with E-state index in [1.807, 2.05) is 0 Å². The van der Waals surface area contributed by atoms with Gasteiger partial charge in [0.15, 0.2) is 5.13 Å². The Hall–Kier alpha value is -4.45. The first-order valence-corrected chi connectivity index (χ1v) is 9.88. The smallest absolute Gasteiger partial charge is 0.301 e. The second-order valence-corrected chi connectivity index (χ2v) is 7.48. The lowest BCUT2D eigenvalue weighted by Gasteiger charge is -2.22. The Balaban J connectivity index is 1.96. The van der Waals surface area contributed by atoms with Gasteiger partial charge in [-0.3, -0.25) is 34.7 Å². The largest absolute Gasteiger partial charge is 0.507 e. The number of hydrogen-bond donors (Lipinski definition) is 1. The monoisotopic (exact) mass is 452 g/mol. The Labute approximate surface area is 183 Å². The third-order valence-corrected chi connectivity index (χ3v) is 5.62. The molecule has 0 spiro atoms. The van der Waals surface area contributed by atoms with Crippen LogP contribution < -0.4 is 4.90 Å². The Bertz CT molecular complexity index is 1290. The third kappa shape index (κ3) is 3.37. The number of Topliss-reactive ketones (excluding diaryl/α,β-unsaturated/α-hetero) is 1. The van der Waals surface area contributed by atoms with Crippen LogP contribution in [0.1, 0.15) is 17.2 Å². The van der Waals surface area contributed by atoms with Crippen molar-refractivity contribution in [2.24, 2.45) is 0 Å². The molecule has 160 valence electrons. The topological polar surface area (TPSA) is 157 Å². The molecular formula is C20H12N4O7S. The van der Waals surface area contributed by atoms with E-state index in [0.717, 1.165) is 28.4 Å². The van der Waals surface area contributed by atoms with E-state index in [9.17, 15) is 34.9 Å². The molecule has 32 heavy (non-hydrogen) atoms. The second-order valence-electron chi connectivity index (χ2n) is 6.60. The molecule has 11 nitrogen and oxygen atoms in total. The van der Waals surface area contributed by atoms with Gasteiger partial charge in [0.05, 0.1) is 21.0 Å². The number of rotatable bonds is 5. The molecule has 0 aliphatic carbocycles. The molecule has 3 aromatic rings. The fourth-order valence-electron chi connectivity index (χ4n) is 3.44. The fraction of sp³-hybridized carbons (Fsp3) is 0.0500. The summed E-state index contributed by atoms with van der Waals surface area (Å²) in [6.45, 7) is 0. The van der Waals surface area contributed by atoms with E-state index < -0.39 is 33.3 Å². The number of aromatic nitrogens is 1. The van der Waals surface area contributed by atoms with E-state index in [-0.39, 0.29) is 33.2 Å². The van der Waals surface area contributed by atoms with Crippen molar-refractivity contribution in [2.45, 2.75) is 6.04 Å². The van der Waals surface area contributed by atoms with Gasteiger partial charge in [0.2, 0.25) is 0 Å². The van der Waals surface area contributed by atoms with Crippen LogP contribution in [-0.2, 0) is 9.59 Å². The number of hydrogen-bond acceptors (Lipinski definition) is 9. The van der Waals surface area contributed by atoms with Gasteiger partial charge in [-0.15, -0.1) is 11.3 Å². The van der Waals surface area contributed by atoms with Crippen LogP contribution in [0.15, 0.2) is 65.7 Å². The summed E-state index contributed by atoms with van der Waals surface area (Å²) in [7, 11) is 0. The second kappa shape index (κ2) is 8.00. The number of anilines is 1. The first-order valence-electron chi connectivity index (χ1n) is 9.00. The minimum absolute atomic E-state index is 0.00959. The molecule has 1 aromatic heterocycles. The van der Waals surface area contributed by atoms with Gasteiger partial charge in [-0.1, -0.05) is 12.1 Å². The minimum Gasteiger partial charge on any atom is -0.507 e. The van der Waals surface area contributed by atoms with Crippen LogP contribution in [0.25, 0.3) is 5.76 Å². The predicted molar refractivity (Wildman–Crippen MR) is 113 cm³/mol. The van der Waals surface area contributed by atoms with Gasteiger partial charge in [0, 0.05) is 35.3 Å². The van der Waals surface area contributed by atoms with E-state index in [2.05, 4.69) is 4.98 Å². The number of nitrogens with zero attached hydrogens (tertiary/aromatic N) is 4. The summed E-state index contributed by atoms with van der Waals surface area (Å²) in [6.07, 6.45) is 1.41. The number of nitro benzene ring substituents is 2. The van der Waals surface area contributed by atoms with Gasteiger partial charge in [0.25, 0.3) is 17.2 Å². The van der Waals surface area contributed by atoms with Crippen molar-refractivity contribution in [3.05, 3.63) is 97.0 Å². The molecule has 2 aromatic carbocycles. The highest BCUT2D eigenvalue weighted by molar-refractivity contribution is 7.14. The van der Waals surface area contributed by atoms with Crippen molar-refractivity contribution in [1.82, 2.24) is 4.98 Å². The number of amides is 1. The number of thiazole rings is 1. The summed E-state index contributed by atoms with van der Waals surface area (Å²) in [6, 6.07) is 8.95. The van der Waals surface area contributed by atoms with Gasteiger partial charge in [0.1, 0.15) is 11.8 Å². The highest BCUT2D eigenvalue weighted by atomic mass is 32.1. The summed E-state index contributed by atoms with van der Waals surface area (Å²) in [5.41, 5.74) is -0.921. The number of aliphatic hydroxyl groups excluding tert-OH is 1. The van der Waals surface area contributed by atoms with E-state index in [1.165, 1.54) is 42.6 Å². The van der Waals surface area contributed by atoms with Crippen molar-refractivity contribution in [2.75, 3.05) is 4.90 Å². The highest BCUT2D eigenvalue weighted by Crippen LogP contribution is 2.45. The molecule has 0 saturated carbocycles. The van der Waals surface area contributed by atoms with E-state index in [0.29, 0.717) is 0 Å². The molecule has 1 N–H and O–H groups in total. The van der Waals surface area contributed by atoms with Crippen LogP contribution in [0.4, 0.5) is 16.5 Å². The average molecular weight is 452 g/mol. The number of benzene rings is 2. The van der Waals surface area contributed by atoms with Gasteiger partial charge in [-0.25, -0.2) is 4.98 Å². The molecule has 2 heterocycles. The van der Waals surface area contributed by atoms with Gasteiger partial charge in [-0.2, -0.15) is 0 Å². The van der Waals surface area contributed by atoms with Crippen molar-refractivity contribution in [3.8, 4) is 0 Å². The quantitative estimate of drug-likeness (QED) is 0.202. The standard InChI is InChI=1S/C20H12N4O7S/c25-17(11-5-7-12(8-6-11)23(28)29)15-16(13-3-1-2-4-14(13)24(30)31)22(19(27)18(15)26)20-21-9-10-32-20/h1-10,16,25H/b17-15-. The predicted octanol–water partition coefficient (Wildman–Crippen LogP) is 3.59. The summed E-state index contributed by atoms with van der Waals surface area (Å²) in [5, 5.41) is 35.2. The summed E-state index contributed by atoms with van der Waals surface area (Å²) >= 11 is 1.05. The number of carbonyl (C=O) groups is 2. The van der Waals surface area contributed by atoms with Crippen molar-refractivity contribution in [3.63, 3.8) is 0 Å². The molecule has 1 unspecified atom stereocenters. The molecule has 1 saturated heterocycles. The summed E-state index contributed by atoms with van der Waals surface area (Å²) in [5.74, 6) is -2.67. The number of aliphatic hydroxyl groups is 1. The van der Waals surface area contributed by atoms with Crippen LogP contribution in [0.3, 0.4) is 0 Å². The number of ketones is 1. The maximum absolute atomic E-state index is 13.0. The van der Waals surface area contributed by atoms with Crippen LogP contribution in [-0.4, -0.2) is 31.6 Å². The van der Waals surface area contributed by atoms with E-state index >= 15 is 0 Å². The Kier molecular flexibility index (Phi) is 5.20. The molecule has 12 heteroatoms. The van der Waals surface area contributed by atoms with E-state index in [1.54, 1.807) is 5.38 Å². The zero-order valence-corrected chi connectivity index (χ0v) is 16.8. The van der Waals surface area contributed by atoms with Crippen LogP contribution in [0.5, 0.6) is 0 Å². The summed E-state index contributed by atoms with van der Waals surface area (Å²) < 4.78 is 0. The fourth-order valence-corrected chi connectivity index (χ4v) is 4.11. The first kappa shape index (κ1) is 20.8. The molecule has 1 fully saturated rings. The van der Waals surface area contributed by atoms with Crippen LogP contribution in [0, 0.1) is 20.2 Å². The lowest BCUT2D eigenvalue weighted by atomic mass is 9.94. The minimum atomic E-state index is -1.32. The maximum Gasteiger partial charge on any atom is 0.301 e. The molecule has 1 amide bonds. The van der Waals surface area contributed by atoms with Crippen molar-refractivity contribution >= 4 is 45.3 Å². The number of para-hydroxylation sites is 1. The number of non-ortho nitro benzene ring substituents is 1. The van der Waals surface area contributed by atoms with Gasteiger partial charge in [-0.05, 0) is 18.2 Å². The molecule has 1 atom stereocenters. The lowest BCUT2D eigenvalue weighted by Crippen LogP contribution is -2.29. The van der Waals surface area contributed by atoms with Gasteiger partial charge < -0.3 is 5.11 Å². The molecule has 4 rings (SSSR count). The Morgan fingerprint density at radius 1 is 1.03 bits per heavy atom. The molecular weight excluding hydrogens is 440 g/mol. The maximum atomic E-state index is 13.0.